The summed E-state index contributed by atoms with van der Waals surface area (Å²) in [5.74, 6) is -0.695. The molecule has 6 heteroatoms. The molecule has 2 heterocycles. The van der Waals surface area contributed by atoms with Gasteiger partial charge in [-0.15, -0.1) is 0 Å². The molecule has 1 aliphatic heterocycles. The number of carbonyl (C=O) groups is 2. The fourth-order valence-electron chi connectivity index (χ4n) is 2.15. The van der Waals surface area contributed by atoms with E-state index in [0.29, 0.717) is 6.54 Å². The second-order valence-corrected chi connectivity index (χ2v) is 4.95. The lowest BCUT2D eigenvalue weighted by atomic mass is 10.1. The highest BCUT2D eigenvalue weighted by molar-refractivity contribution is 5.97. The third-order valence-corrected chi connectivity index (χ3v) is 3.23. The number of aromatic amines is 1. The number of anilines is 1. The molecule has 6 nitrogen and oxygen atoms in total. The Morgan fingerprint density at radius 3 is 2.79 bits per heavy atom. The van der Waals surface area contributed by atoms with E-state index >= 15 is 0 Å². The number of nitrogens with one attached hydrogen (secondary N) is 2. The molecule has 1 atom stereocenters. The van der Waals surface area contributed by atoms with Crippen LogP contribution in [0.5, 0.6) is 0 Å². The van der Waals surface area contributed by atoms with E-state index in [1.165, 1.54) is 18.5 Å². The van der Waals surface area contributed by atoms with Gasteiger partial charge in [0.25, 0.3) is 0 Å². The van der Waals surface area contributed by atoms with Crippen LogP contribution in [0, 0.1) is 5.92 Å². The van der Waals surface area contributed by atoms with Crippen LogP contribution < -0.4 is 10.7 Å². The molecule has 0 saturated carbocycles. The zero-order valence-electron chi connectivity index (χ0n) is 11.0. The predicted molar refractivity (Wildman–Crippen MR) is 70.6 cm³/mol. The molecule has 0 bridgehead atoms. The lowest BCUT2D eigenvalue weighted by molar-refractivity contribution is -0.129. The standard InChI is InChI=1S/C13H17N3O3/c1-8(2)16-7-9(5-12(16)18)13(19)15-10-6-14-4-3-11(10)17/h3-4,6,8-9H,5,7H2,1-2H3,(H,14,17)(H,15,19). The first-order valence-corrected chi connectivity index (χ1v) is 6.26. The van der Waals surface area contributed by atoms with Gasteiger partial charge >= 0.3 is 0 Å². The number of aromatic nitrogens is 1. The van der Waals surface area contributed by atoms with Gasteiger partial charge in [-0.25, -0.2) is 0 Å². The number of pyridine rings is 1. The van der Waals surface area contributed by atoms with Crippen molar-refractivity contribution in [1.29, 1.82) is 0 Å². The second-order valence-electron chi connectivity index (χ2n) is 4.95. The normalized spacial score (nSPS) is 19.0. The molecule has 2 rings (SSSR count). The highest BCUT2D eigenvalue weighted by Gasteiger charge is 2.35. The van der Waals surface area contributed by atoms with Crippen molar-refractivity contribution in [3.63, 3.8) is 0 Å². The highest BCUT2D eigenvalue weighted by atomic mass is 16.2. The van der Waals surface area contributed by atoms with Gasteiger partial charge < -0.3 is 15.2 Å². The average molecular weight is 263 g/mol. The zero-order valence-corrected chi connectivity index (χ0v) is 11.0. The van der Waals surface area contributed by atoms with Crippen molar-refractivity contribution >= 4 is 17.5 Å². The Kier molecular flexibility index (Phi) is 3.69. The average Bonchev–Trinajstić information content (AvgIpc) is 2.74. The number of H-pyrrole nitrogens is 1. The number of likely N-dealkylation sites (tertiary alicyclic amines) is 1. The van der Waals surface area contributed by atoms with Crippen molar-refractivity contribution in [3.05, 3.63) is 28.7 Å². The van der Waals surface area contributed by atoms with Crippen molar-refractivity contribution in [3.8, 4) is 0 Å². The zero-order chi connectivity index (χ0) is 14.0. The van der Waals surface area contributed by atoms with Gasteiger partial charge in [0.2, 0.25) is 17.2 Å². The summed E-state index contributed by atoms with van der Waals surface area (Å²) >= 11 is 0. The fraction of sp³-hybridized carbons (Fsp3) is 0.462. The number of hydrogen-bond donors (Lipinski definition) is 2. The molecule has 19 heavy (non-hydrogen) atoms. The van der Waals surface area contributed by atoms with Crippen LogP contribution in [-0.2, 0) is 9.59 Å². The summed E-state index contributed by atoms with van der Waals surface area (Å²) in [6.45, 7) is 4.24. The van der Waals surface area contributed by atoms with Crippen LogP contribution in [0.15, 0.2) is 23.3 Å². The molecule has 1 saturated heterocycles. The van der Waals surface area contributed by atoms with E-state index < -0.39 is 5.92 Å². The molecule has 0 aromatic carbocycles. The summed E-state index contributed by atoms with van der Waals surface area (Å²) in [6.07, 6.45) is 3.14. The first-order valence-electron chi connectivity index (χ1n) is 6.26. The Morgan fingerprint density at radius 2 is 2.21 bits per heavy atom. The molecular formula is C13H17N3O3. The van der Waals surface area contributed by atoms with E-state index in [9.17, 15) is 14.4 Å². The SMILES string of the molecule is CC(C)N1CC(C(=O)Nc2c[nH]ccc2=O)CC1=O. The lowest BCUT2D eigenvalue weighted by Gasteiger charge is -2.20. The Morgan fingerprint density at radius 1 is 1.47 bits per heavy atom. The third-order valence-electron chi connectivity index (χ3n) is 3.23. The Hall–Kier alpha value is -2.11. The molecule has 0 spiro atoms. The minimum atomic E-state index is -0.394. The smallest absolute Gasteiger partial charge is 0.229 e. The van der Waals surface area contributed by atoms with Gasteiger partial charge in [0.15, 0.2) is 0 Å². The first kappa shape index (κ1) is 13.3. The molecule has 1 aromatic heterocycles. The summed E-state index contributed by atoms with van der Waals surface area (Å²) in [5.41, 5.74) is -0.0416. The Balaban J connectivity index is 2.05. The molecule has 2 N–H and O–H groups in total. The largest absolute Gasteiger partial charge is 0.366 e. The maximum Gasteiger partial charge on any atom is 0.229 e. The van der Waals surface area contributed by atoms with Crippen molar-refractivity contribution < 1.29 is 9.59 Å². The van der Waals surface area contributed by atoms with Gasteiger partial charge in [0.05, 0.1) is 5.92 Å². The van der Waals surface area contributed by atoms with Crippen LogP contribution in [0.1, 0.15) is 20.3 Å². The van der Waals surface area contributed by atoms with Gasteiger partial charge in [0.1, 0.15) is 5.69 Å². The predicted octanol–water partition coefficient (Wildman–Crippen LogP) is 0.570. The van der Waals surface area contributed by atoms with Crippen LogP contribution in [0.25, 0.3) is 0 Å². The van der Waals surface area contributed by atoms with Gasteiger partial charge in [-0.05, 0) is 13.8 Å². The molecule has 0 aliphatic carbocycles. The fourth-order valence-corrected chi connectivity index (χ4v) is 2.15. The summed E-state index contributed by atoms with van der Waals surface area (Å²) in [5, 5.41) is 2.57. The van der Waals surface area contributed by atoms with E-state index in [4.69, 9.17) is 0 Å². The van der Waals surface area contributed by atoms with E-state index in [0.717, 1.165) is 0 Å². The first-order chi connectivity index (χ1) is 8.99. The van der Waals surface area contributed by atoms with E-state index in [2.05, 4.69) is 10.3 Å². The molecule has 1 aromatic rings. The summed E-state index contributed by atoms with van der Waals surface area (Å²) < 4.78 is 0. The maximum atomic E-state index is 12.0. The molecule has 102 valence electrons. The minimum Gasteiger partial charge on any atom is -0.366 e. The van der Waals surface area contributed by atoms with Crippen LogP contribution in [0.2, 0.25) is 0 Å². The molecule has 1 aliphatic rings. The Labute approximate surface area is 110 Å². The highest BCUT2D eigenvalue weighted by Crippen LogP contribution is 2.21. The van der Waals surface area contributed by atoms with Crippen molar-refractivity contribution in [2.75, 3.05) is 11.9 Å². The van der Waals surface area contributed by atoms with Gasteiger partial charge in [-0.3, -0.25) is 14.4 Å². The minimum absolute atomic E-state index is 0.0166. The van der Waals surface area contributed by atoms with Crippen molar-refractivity contribution in [2.24, 2.45) is 5.92 Å². The number of carbonyl (C=O) groups excluding carboxylic acids is 2. The van der Waals surface area contributed by atoms with Gasteiger partial charge in [0, 0.05) is 37.5 Å². The summed E-state index contributed by atoms with van der Waals surface area (Å²) in [6, 6.07) is 1.43. The summed E-state index contributed by atoms with van der Waals surface area (Å²) in [4.78, 5) is 39.7. The van der Waals surface area contributed by atoms with Gasteiger partial charge in [-0.2, -0.15) is 0 Å². The van der Waals surface area contributed by atoms with Gasteiger partial charge in [-0.1, -0.05) is 0 Å². The van der Waals surface area contributed by atoms with E-state index in [1.54, 1.807) is 4.90 Å². The van der Waals surface area contributed by atoms with Crippen LogP contribution in [0.3, 0.4) is 0 Å². The molecule has 1 fully saturated rings. The lowest BCUT2D eigenvalue weighted by Crippen LogP contribution is -2.33. The molecular weight excluding hydrogens is 246 g/mol. The third kappa shape index (κ3) is 2.83. The Bertz CT molecular complexity index is 550. The topological polar surface area (TPSA) is 82.3 Å². The monoisotopic (exact) mass is 263 g/mol. The van der Waals surface area contributed by atoms with Crippen LogP contribution >= 0.6 is 0 Å². The quantitative estimate of drug-likeness (QED) is 0.836. The molecule has 1 unspecified atom stereocenters. The second kappa shape index (κ2) is 5.26. The van der Waals surface area contributed by atoms with E-state index in [-0.39, 0.29) is 35.4 Å². The van der Waals surface area contributed by atoms with Crippen LogP contribution in [0.4, 0.5) is 5.69 Å². The molecule has 2 amide bonds. The molecule has 0 radical (unpaired) electrons. The van der Waals surface area contributed by atoms with Crippen LogP contribution in [-0.4, -0.2) is 34.3 Å². The number of rotatable bonds is 3. The maximum absolute atomic E-state index is 12.0. The van der Waals surface area contributed by atoms with Crippen molar-refractivity contribution in [1.82, 2.24) is 9.88 Å². The summed E-state index contributed by atoms with van der Waals surface area (Å²) in [7, 11) is 0. The van der Waals surface area contributed by atoms with E-state index in [1.807, 2.05) is 13.8 Å². The number of amides is 2. The number of nitrogens with zero attached hydrogens (tertiary/aromatic N) is 1. The number of hydrogen-bond acceptors (Lipinski definition) is 3. The van der Waals surface area contributed by atoms with Crippen molar-refractivity contribution in [2.45, 2.75) is 26.3 Å².